The third-order valence-corrected chi connectivity index (χ3v) is 4.74. The van der Waals surface area contributed by atoms with Crippen molar-refractivity contribution < 1.29 is 18.8 Å². The summed E-state index contributed by atoms with van der Waals surface area (Å²) in [7, 11) is 0. The number of benzene rings is 1. The van der Waals surface area contributed by atoms with Crippen LogP contribution >= 0.6 is 11.3 Å². The van der Waals surface area contributed by atoms with Gasteiger partial charge in [0, 0.05) is 12.8 Å². The van der Waals surface area contributed by atoms with Gasteiger partial charge in [0.15, 0.2) is 11.5 Å². The second-order valence-electron chi connectivity index (χ2n) is 5.79. The van der Waals surface area contributed by atoms with Gasteiger partial charge in [-0.15, -0.1) is 11.3 Å². The number of ether oxygens (including phenoxy) is 2. The van der Waals surface area contributed by atoms with Gasteiger partial charge in [-0.2, -0.15) is 4.98 Å². The number of aromatic nitrogens is 2. The summed E-state index contributed by atoms with van der Waals surface area (Å²) in [5.41, 5.74) is 0. The Hall–Kier alpha value is -2.87. The van der Waals surface area contributed by atoms with E-state index in [9.17, 15) is 4.79 Å². The van der Waals surface area contributed by atoms with Crippen LogP contribution in [0.5, 0.6) is 11.5 Å². The minimum atomic E-state index is -0.206. The maximum Gasteiger partial charge on any atom is 0.227 e. The zero-order valence-electron chi connectivity index (χ0n) is 13.9. The van der Waals surface area contributed by atoms with Crippen LogP contribution in [0.25, 0.3) is 10.7 Å². The molecular weight excluding hydrogens is 354 g/mol. The molecule has 1 aliphatic heterocycles. The van der Waals surface area contributed by atoms with E-state index < -0.39 is 0 Å². The van der Waals surface area contributed by atoms with E-state index in [1.54, 1.807) is 11.3 Å². The highest BCUT2D eigenvalue weighted by atomic mass is 32.1. The minimum absolute atomic E-state index is 0.0941. The van der Waals surface area contributed by atoms with E-state index in [4.69, 9.17) is 14.0 Å². The lowest BCUT2D eigenvalue weighted by atomic mass is 10.2. The topological polar surface area (TPSA) is 86.5 Å². The molecule has 4 rings (SSSR count). The standard InChI is InChI=1S/C18H17N3O4S/c22-16(7-8-17-20-18(21-25-17)15-6-3-9-26-15)19-10-12-11-23-13-4-1-2-5-14(13)24-12/h1-6,9,12H,7-8,10-11H2,(H,19,22). The van der Waals surface area contributed by atoms with Crippen LogP contribution < -0.4 is 14.8 Å². The van der Waals surface area contributed by atoms with Crippen LogP contribution in [0.15, 0.2) is 46.3 Å². The second-order valence-corrected chi connectivity index (χ2v) is 6.74. The zero-order valence-corrected chi connectivity index (χ0v) is 14.7. The van der Waals surface area contributed by atoms with Crippen LogP contribution in [0.3, 0.4) is 0 Å². The van der Waals surface area contributed by atoms with Gasteiger partial charge in [0.2, 0.25) is 17.6 Å². The molecular formula is C18H17N3O4S. The summed E-state index contributed by atoms with van der Waals surface area (Å²) >= 11 is 1.54. The largest absolute Gasteiger partial charge is 0.486 e. The lowest BCUT2D eigenvalue weighted by Crippen LogP contribution is -2.40. The molecule has 0 fully saturated rings. The lowest BCUT2D eigenvalue weighted by molar-refractivity contribution is -0.121. The van der Waals surface area contributed by atoms with Crippen LogP contribution in [-0.2, 0) is 11.2 Å². The molecule has 3 heterocycles. The molecule has 1 amide bonds. The van der Waals surface area contributed by atoms with Crippen LogP contribution in [-0.4, -0.2) is 35.3 Å². The maximum atomic E-state index is 12.0. The van der Waals surface area contributed by atoms with Gasteiger partial charge in [0.25, 0.3) is 0 Å². The maximum absolute atomic E-state index is 12.0. The summed E-state index contributed by atoms with van der Waals surface area (Å²) in [5, 5.41) is 8.74. The molecule has 1 atom stereocenters. The van der Waals surface area contributed by atoms with Gasteiger partial charge in [0.1, 0.15) is 12.7 Å². The molecule has 7 nitrogen and oxygen atoms in total. The predicted molar refractivity (Wildman–Crippen MR) is 95.3 cm³/mol. The third-order valence-electron chi connectivity index (χ3n) is 3.87. The number of nitrogens with zero attached hydrogens (tertiary/aromatic N) is 2. The van der Waals surface area contributed by atoms with Crippen LogP contribution in [0.2, 0.25) is 0 Å². The highest BCUT2D eigenvalue weighted by Crippen LogP contribution is 2.30. The van der Waals surface area contributed by atoms with Crippen molar-refractivity contribution in [2.45, 2.75) is 18.9 Å². The summed E-state index contributed by atoms with van der Waals surface area (Å²) in [4.78, 5) is 17.3. The van der Waals surface area contributed by atoms with Crippen molar-refractivity contribution in [3.63, 3.8) is 0 Å². The first-order valence-electron chi connectivity index (χ1n) is 8.29. The highest BCUT2D eigenvalue weighted by Gasteiger charge is 2.21. The van der Waals surface area contributed by atoms with Crippen LogP contribution in [0.4, 0.5) is 0 Å². The summed E-state index contributed by atoms with van der Waals surface area (Å²) in [6, 6.07) is 11.3. The minimum Gasteiger partial charge on any atom is -0.486 e. The average molecular weight is 371 g/mol. The summed E-state index contributed by atoms with van der Waals surface area (Å²) in [5.74, 6) is 2.35. The Balaban J connectivity index is 1.23. The van der Waals surface area contributed by atoms with E-state index in [2.05, 4.69) is 15.5 Å². The average Bonchev–Trinajstić information content (AvgIpc) is 3.36. The summed E-state index contributed by atoms with van der Waals surface area (Å²) < 4.78 is 16.6. The van der Waals surface area contributed by atoms with E-state index in [-0.39, 0.29) is 18.4 Å². The molecule has 1 N–H and O–H groups in total. The lowest BCUT2D eigenvalue weighted by Gasteiger charge is -2.26. The Labute approximate surface area is 153 Å². The van der Waals surface area contributed by atoms with Gasteiger partial charge in [0.05, 0.1) is 11.4 Å². The molecule has 134 valence electrons. The van der Waals surface area contributed by atoms with E-state index >= 15 is 0 Å². The van der Waals surface area contributed by atoms with E-state index in [1.165, 1.54) is 0 Å². The molecule has 0 saturated carbocycles. The number of amides is 1. The second kappa shape index (κ2) is 7.57. The number of hydrogen-bond acceptors (Lipinski definition) is 7. The van der Waals surface area contributed by atoms with Gasteiger partial charge in [-0.3, -0.25) is 4.79 Å². The number of carbonyl (C=O) groups excluding carboxylic acids is 1. The molecule has 0 aliphatic carbocycles. The van der Waals surface area contributed by atoms with Crippen LogP contribution in [0, 0.1) is 0 Å². The molecule has 1 aliphatic rings. The van der Waals surface area contributed by atoms with Gasteiger partial charge >= 0.3 is 0 Å². The SMILES string of the molecule is O=C(CCc1nc(-c2cccs2)no1)NCC1COc2ccccc2O1. The Morgan fingerprint density at radius 3 is 2.96 bits per heavy atom. The van der Waals surface area contributed by atoms with Gasteiger partial charge in [-0.25, -0.2) is 0 Å². The first-order valence-corrected chi connectivity index (χ1v) is 9.17. The fourth-order valence-electron chi connectivity index (χ4n) is 2.56. The quantitative estimate of drug-likeness (QED) is 0.717. The fourth-order valence-corrected chi connectivity index (χ4v) is 3.21. The van der Waals surface area contributed by atoms with Crippen molar-refractivity contribution in [2.75, 3.05) is 13.2 Å². The summed E-state index contributed by atoms with van der Waals surface area (Å²) in [6.07, 6.45) is 0.466. The predicted octanol–water partition coefficient (Wildman–Crippen LogP) is 2.69. The zero-order chi connectivity index (χ0) is 17.8. The van der Waals surface area contributed by atoms with E-state index in [0.29, 0.717) is 37.0 Å². The number of aryl methyl sites for hydroxylation is 1. The van der Waals surface area contributed by atoms with E-state index in [0.717, 1.165) is 10.6 Å². The number of fused-ring (bicyclic) bond motifs is 1. The number of nitrogens with one attached hydrogen (secondary N) is 1. The van der Waals surface area contributed by atoms with Crippen molar-refractivity contribution in [1.29, 1.82) is 0 Å². The molecule has 1 aromatic carbocycles. The first kappa shape index (κ1) is 16.6. The van der Waals surface area contributed by atoms with Crippen LogP contribution in [0.1, 0.15) is 12.3 Å². The molecule has 2 aromatic heterocycles. The number of thiophene rings is 1. The molecule has 0 spiro atoms. The van der Waals surface area contributed by atoms with Crippen molar-refractivity contribution in [2.24, 2.45) is 0 Å². The molecule has 26 heavy (non-hydrogen) atoms. The van der Waals surface area contributed by atoms with Crippen molar-refractivity contribution >= 4 is 17.2 Å². The molecule has 8 heteroatoms. The first-order chi connectivity index (χ1) is 12.8. The Kier molecular flexibility index (Phi) is 4.83. The number of hydrogen-bond donors (Lipinski definition) is 1. The number of carbonyl (C=O) groups is 1. The van der Waals surface area contributed by atoms with Gasteiger partial charge < -0.3 is 19.3 Å². The van der Waals surface area contributed by atoms with Gasteiger partial charge in [-0.1, -0.05) is 23.4 Å². The molecule has 0 bridgehead atoms. The monoisotopic (exact) mass is 371 g/mol. The normalized spacial score (nSPS) is 15.6. The molecule has 0 radical (unpaired) electrons. The van der Waals surface area contributed by atoms with Crippen molar-refractivity contribution in [3.8, 4) is 22.2 Å². The Morgan fingerprint density at radius 1 is 1.23 bits per heavy atom. The van der Waals surface area contributed by atoms with Crippen molar-refractivity contribution in [1.82, 2.24) is 15.5 Å². The van der Waals surface area contributed by atoms with E-state index in [1.807, 2.05) is 41.8 Å². The highest BCUT2D eigenvalue weighted by molar-refractivity contribution is 7.13. The molecule has 1 unspecified atom stereocenters. The molecule has 0 saturated heterocycles. The van der Waals surface area contributed by atoms with Crippen molar-refractivity contribution in [3.05, 3.63) is 47.7 Å². The smallest absolute Gasteiger partial charge is 0.227 e. The van der Waals surface area contributed by atoms with Gasteiger partial charge in [-0.05, 0) is 23.6 Å². The number of rotatable bonds is 6. The summed E-state index contributed by atoms with van der Waals surface area (Å²) in [6.45, 7) is 0.794. The number of para-hydroxylation sites is 2. The molecule has 3 aromatic rings. The third kappa shape index (κ3) is 3.85. The Bertz CT molecular complexity index is 878. The Morgan fingerprint density at radius 2 is 2.12 bits per heavy atom. The fraction of sp³-hybridized carbons (Fsp3) is 0.278.